The Morgan fingerprint density at radius 2 is 1.85 bits per heavy atom. The lowest BCUT2D eigenvalue weighted by Crippen LogP contribution is -2.46. The lowest BCUT2D eigenvalue weighted by Gasteiger charge is -2.31. The zero-order valence-corrected chi connectivity index (χ0v) is 32.2. The Balaban J connectivity index is 1.60. The number of nitrogens with zero attached hydrogens (tertiary/aromatic N) is 2. The Labute approximate surface area is 319 Å². The highest BCUT2D eigenvalue weighted by Crippen LogP contribution is 2.29. The summed E-state index contributed by atoms with van der Waals surface area (Å²) in [6.45, 7) is 4.42. The summed E-state index contributed by atoms with van der Waals surface area (Å²) >= 11 is 0. The van der Waals surface area contributed by atoms with Gasteiger partial charge >= 0.3 is 11.9 Å². The SMILES string of the molecule is CN(C(=O)/C=C\C=O)C1CC(COCCS(=O)(=O)O)N(CC(=O)NCCCCc2ccc(COC(=O)C(C)(C)C)c(OC3CC(O)CC(C(=O)O)O3)c2)C1=O. The van der Waals surface area contributed by atoms with E-state index >= 15 is 0 Å². The van der Waals surface area contributed by atoms with Crippen LogP contribution in [0.1, 0.15) is 64.0 Å². The van der Waals surface area contributed by atoms with E-state index in [9.17, 15) is 47.4 Å². The van der Waals surface area contributed by atoms with Crippen LogP contribution in [-0.4, -0.2) is 139 Å². The lowest BCUT2D eigenvalue weighted by molar-refractivity contribution is -0.195. The molecule has 0 aromatic heterocycles. The van der Waals surface area contributed by atoms with Gasteiger partial charge in [0.15, 0.2) is 6.10 Å². The van der Waals surface area contributed by atoms with Gasteiger partial charge in [0.2, 0.25) is 24.0 Å². The predicted molar refractivity (Wildman–Crippen MR) is 193 cm³/mol. The first-order valence-corrected chi connectivity index (χ1v) is 19.4. The molecule has 1 aromatic rings. The number of hydrogen-bond acceptors (Lipinski definition) is 13. The zero-order valence-electron chi connectivity index (χ0n) is 31.4. The number of aliphatic hydroxyl groups excluding tert-OH is 1. The van der Waals surface area contributed by atoms with Crippen molar-refractivity contribution in [3.05, 3.63) is 41.5 Å². The van der Waals surface area contributed by atoms with Crippen molar-refractivity contribution in [2.75, 3.05) is 39.1 Å². The van der Waals surface area contributed by atoms with Crippen LogP contribution in [0.3, 0.4) is 0 Å². The smallest absolute Gasteiger partial charge is 0.333 e. The number of amides is 3. The monoisotopic (exact) mass is 797 g/mol. The first-order chi connectivity index (χ1) is 25.8. The molecule has 2 aliphatic heterocycles. The van der Waals surface area contributed by atoms with Gasteiger partial charge in [-0.3, -0.25) is 28.5 Å². The molecular weight excluding hydrogens is 746 g/mol. The van der Waals surface area contributed by atoms with E-state index in [2.05, 4.69) is 5.32 Å². The Kier molecular flexibility index (Phi) is 16.7. The average Bonchev–Trinajstić information content (AvgIpc) is 3.40. The number of likely N-dealkylation sites (N-methyl/N-ethyl adjacent to an activating group) is 1. The minimum atomic E-state index is -4.28. The van der Waals surface area contributed by atoms with Gasteiger partial charge in [0.1, 0.15) is 24.7 Å². The lowest BCUT2D eigenvalue weighted by atomic mass is 9.97. The first kappa shape index (κ1) is 45.0. The number of hydrogen-bond donors (Lipinski definition) is 4. The first-order valence-electron chi connectivity index (χ1n) is 17.8. The topological polar surface area (TPSA) is 253 Å². The van der Waals surface area contributed by atoms with Crippen molar-refractivity contribution in [1.82, 2.24) is 15.1 Å². The summed E-state index contributed by atoms with van der Waals surface area (Å²) in [5.74, 6) is -3.64. The number of benzene rings is 1. The number of aliphatic carboxylic acids is 1. The van der Waals surface area contributed by atoms with Gasteiger partial charge in [0, 0.05) is 38.1 Å². The summed E-state index contributed by atoms with van der Waals surface area (Å²) in [5.41, 5.74) is 0.592. The second-order valence-corrected chi connectivity index (χ2v) is 16.0. The molecule has 2 saturated heterocycles. The molecule has 2 heterocycles. The van der Waals surface area contributed by atoms with Gasteiger partial charge in [0.25, 0.3) is 10.1 Å². The number of aryl methyl sites for hydroxylation is 1. The van der Waals surface area contributed by atoms with Gasteiger partial charge in [-0.25, -0.2) is 4.79 Å². The second kappa shape index (κ2) is 20.5. The van der Waals surface area contributed by atoms with Crippen LogP contribution in [0.25, 0.3) is 0 Å². The fourth-order valence-corrected chi connectivity index (χ4v) is 6.12. The van der Waals surface area contributed by atoms with E-state index in [-0.39, 0.29) is 52.2 Å². The van der Waals surface area contributed by atoms with Crippen LogP contribution in [0.5, 0.6) is 5.75 Å². The summed E-state index contributed by atoms with van der Waals surface area (Å²) in [4.78, 5) is 75.8. The van der Waals surface area contributed by atoms with Gasteiger partial charge in [0.05, 0.1) is 43.1 Å². The molecule has 18 nitrogen and oxygen atoms in total. The number of esters is 1. The van der Waals surface area contributed by atoms with Crippen molar-refractivity contribution in [2.24, 2.45) is 5.41 Å². The molecule has 2 fully saturated rings. The number of unbranched alkanes of at least 4 members (excludes halogenated alkanes) is 1. The summed E-state index contributed by atoms with van der Waals surface area (Å²) in [5, 5.41) is 22.4. The average molecular weight is 798 g/mol. The molecule has 5 unspecified atom stereocenters. The molecule has 0 spiro atoms. The number of aldehydes is 1. The van der Waals surface area contributed by atoms with Gasteiger partial charge < -0.3 is 44.3 Å². The third-order valence-corrected chi connectivity index (χ3v) is 9.55. The van der Waals surface area contributed by atoms with Crippen LogP contribution in [0.15, 0.2) is 30.4 Å². The Morgan fingerprint density at radius 3 is 2.51 bits per heavy atom. The number of aliphatic hydroxyl groups is 1. The van der Waals surface area contributed by atoms with E-state index in [1.54, 1.807) is 32.9 Å². The van der Waals surface area contributed by atoms with Crippen molar-refractivity contribution < 1.29 is 70.9 Å². The minimum Gasteiger partial charge on any atom is -0.479 e. The van der Waals surface area contributed by atoms with E-state index in [0.717, 1.165) is 22.6 Å². The molecule has 5 atom stereocenters. The van der Waals surface area contributed by atoms with Crippen LogP contribution >= 0.6 is 0 Å². The number of rotatable bonds is 20. The molecule has 3 rings (SSSR count). The second-order valence-electron chi connectivity index (χ2n) is 14.4. The van der Waals surface area contributed by atoms with Gasteiger partial charge in [-0.1, -0.05) is 12.1 Å². The van der Waals surface area contributed by atoms with Crippen LogP contribution < -0.4 is 10.1 Å². The number of nitrogens with one attached hydrogen (secondary N) is 1. The summed E-state index contributed by atoms with van der Waals surface area (Å²) in [7, 11) is -2.90. The fraction of sp³-hybridized carbons (Fsp3) is 0.611. The van der Waals surface area contributed by atoms with Crippen LogP contribution in [-0.2, 0) is 66.1 Å². The molecule has 4 N–H and O–H groups in total. The molecule has 306 valence electrons. The van der Waals surface area contributed by atoms with E-state index in [1.165, 1.54) is 11.9 Å². The molecule has 0 radical (unpaired) electrons. The van der Waals surface area contributed by atoms with Crippen LogP contribution in [0.2, 0.25) is 0 Å². The molecule has 3 amide bonds. The zero-order chi connectivity index (χ0) is 40.9. The van der Waals surface area contributed by atoms with Gasteiger partial charge in [-0.15, -0.1) is 0 Å². The van der Waals surface area contributed by atoms with Gasteiger partial charge in [-0.05, 0) is 64.2 Å². The van der Waals surface area contributed by atoms with E-state index in [0.29, 0.717) is 36.9 Å². The number of carbonyl (C=O) groups is 6. The van der Waals surface area contributed by atoms with Crippen molar-refractivity contribution in [1.29, 1.82) is 0 Å². The summed E-state index contributed by atoms with van der Waals surface area (Å²) in [6, 6.07) is 3.62. The quantitative estimate of drug-likeness (QED) is 0.0464. The third-order valence-electron chi connectivity index (χ3n) is 8.86. The number of carboxylic acid groups (broad SMARTS) is 1. The molecule has 19 heteroatoms. The maximum absolute atomic E-state index is 13.3. The third kappa shape index (κ3) is 14.6. The predicted octanol–water partition coefficient (Wildman–Crippen LogP) is 0.632. The number of ether oxygens (including phenoxy) is 4. The fourth-order valence-electron chi connectivity index (χ4n) is 5.79. The van der Waals surface area contributed by atoms with E-state index in [1.807, 2.05) is 6.07 Å². The minimum absolute atomic E-state index is 0.0357. The maximum atomic E-state index is 13.3. The van der Waals surface area contributed by atoms with Gasteiger partial charge in [-0.2, -0.15) is 8.42 Å². The summed E-state index contributed by atoms with van der Waals surface area (Å²) in [6.07, 6.45) is 0.855. The highest BCUT2D eigenvalue weighted by Gasteiger charge is 2.43. The molecule has 0 aliphatic carbocycles. The number of allylic oxidation sites excluding steroid dienone is 1. The number of likely N-dealkylation sites (tertiary alicyclic amines) is 1. The van der Waals surface area contributed by atoms with Crippen molar-refractivity contribution >= 4 is 46.1 Å². The highest BCUT2D eigenvalue weighted by atomic mass is 32.2. The highest BCUT2D eigenvalue weighted by molar-refractivity contribution is 7.85. The van der Waals surface area contributed by atoms with Crippen molar-refractivity contribution in [3.63, 3.8) is 0 Å². The van der Waals surface area contributed by atoms with E-state index < -0.39 is 81.5 Å². The van der Waals surface area contributed by atoms with Crippen molar-refractivity contribution in [2.45, 2.75) is 96.5 Å². The standard InChI is InChI=1S/C36H51N3O15S/c1-36(2,3)35(47)52-21-24-11-10-23(16-28(24)53-32-19-26(41)18-29(54-32)34(45)46)8-5-6-12-37-30(42)20-39-25(22-51-14-15-55(48,49)50)17-27(33(39)44)38(4)31(43)9-7-13-40/h7,9-11,13,16,25-27,29,32,41H,5-6,8,12,14-15,17-22H2,1-4H3,(H,37,42)(H,45,46)(H,48,49,50)/b9-7-. The Morgan fingerprint density at radius 1 is 1.13 bits per heavy atom. The summed E-state index contributed by atoms with van der Waals surface area (Å²) < 4.78 is 53.5. The Bertz CT molecular complexity index is 1680. The molecule has 0 bridgehead atoms. The van der Waals surface area contributed by atoms with Crippen LogP contribution in [0, 0.1) is 5.41 Å². The molecule has 2 aliphatic rings. The number of carboxylic acids is 1. The maximum Gasteiger partial charge on any atom is 0.333 e. The molecule has 1 aromatic carbocycles. The molecule has 0 saturated carbocycles. The normalized spacial score (nSPS) is 21.7. The van der Waals surface area contributed by atoms with Crippen LogP contribution in [0.4, 0.5) is 0 Å². The molecule has 55 heavy (non-hydrogen) atoms. The number of carbonyl (C=O) groups excluding carboxylic acids is 5. The molecular formula is C36H51N3O15S. The Hall–Kier alpha value is -4.43. The van der Waals surface area contributed by atoms with Crippen molar-refractivity contribution in [3.8, 4) is 5.75 Å². The van der Waals surface area contributed by atoms with E-state index in [4.69, 9.17) is 23.5 Å². The largest absolute Gasteiger partial charge is 0.479 e.